The number of ketones is 1. The Kier molecular flexibility index (Phi) is 5.30. The van der Waals surface area contributed by atoms with Gasteiger partial charge in [0.15, 0.2) is 5.78 Å². The van der Waals surface area contributed by atoms with Crippen LogP contribution < -0.4 is 4.74 Å². The number of rotatable bonds is 4. The molecule has 0 amide bonds. The van der Waals surface area contributed by atoms with Gasteiger partial charge in [0.05, 0.1) is 5.57 Å². The Morgan fingerprint density at radius 3 is 2.28 bits per heavy atom. The van der Waals surface area contributed by atoms with Crippen molar-refractivity contribution in [2.75, 3.05) is 0 Å². The van der Waals surface area contributed by atoms with E-state index < -0.39 is 11.2 Å². The van der Waals surface area contributed by atoms with Crippen molar-refractivity contribution in [3.63, 3.8) is 0 Å². The minimum Gasteiger partial charge on any atom is -0.508 e. The first-order valence-corrected chi connectivity index (χ1v) is 9.72. The van der Waals surface area contributed by atoms with E-state index in [4.69, 9.17) is 9.47 Å². The van der Waals surface area contributed by atoms with Crippen LogP contribution in [0.3, 0.4) is 0 Å². The average molecular weight is 398 g/mol. The first kappa shape index (κ1) is 21.1. The van der Waals surface area contributed by atoms with Gasteiger partial charge in [-0.3, -0.25) is 4.79 Å². The van der Waals surface area contributed by atoms with Gasteiger partial charge in [0.25, 0.3) is 0 Å². The van der Waals surface area contributed by atoms with Crippen molar-refractivity contribution in [3.8, 4) is 11.5 Å². The summed E-state index contributed by atoms with van der Waals surface area (Å²) in [5.74, 6) is 0.0742. The molecule has 29 heavy (non-hydrogen) atoms. The van der Waals surface area contributed by atoms with Gasteiger partial charge in [-0.15, -0.1) is 0 Å². The third-order valence-corrected chi connectivity index (χ3v) is 5.20. The maximum absolute atomic E-state index is 13.9. The summed E-state index contributed by atoms with van der Waals surface area (Å²) >= 11 is 0. The first-order valence-electron chi connectivity index (χ1n) is 9.72. The largest absolute Gasteiger partial charge is 0.508 e. The van der Waals surface area contributed by atoms with Gasteiger partial charge in [0.2, 0.25) is 0 Å². The quantitative estimate of drug-likeness (QED) is 0.695. The molecule has 0 saturated heterocycles. The second-order valence-electron chi connectivity index (χ2n) is 8.36. The molecule has 5 heteroatoms. The standard InChI is InChI=1S/C24H27FO4/c1-7-15-9-11-16(28-17-10-8-14(2)19(25)13-17)12-18(15)20-21(26)23(3,4)29-24(5,6)22(20)27/h8-13,26H,7H2,1-6H3. The monoisotopic (exact) mass is 398 g/mol. The fraction of sp³-hybridized carbons (Fsp3) is 0.375. The van der Waals surface area contributed by atoms with Crippen LogP contribution in [0.2, 0.25) is 0 Å². The summed E-state index contributed by atoms with van der Waals surface area (Å²) in [6, 6.07) is 10.0. The average Bonchev–Trinajstić information content (AvgIpc) is 2.63. The van der Waals surface area contributed by atoms with Gasteiger partial charge in [-0.05, 0) is 75.9 Å². The number of ether oxygens (including phenoxy) is 2. The van der Waals surface area contributed by atoms with E-state index >= 15 is 0 Å². The number of aliphatic hydroxyl groups excluding tert-OH is 1. The molecule has 2 aromatic carbocycles. The third kappa shape index (κ3) is 3.92. The molecule has 1 N–H and O–H groups in total. The highest BCUT2D eigenvalue weighted by atomic mass is 19.1. The van der Waals surface area contributed by atoms with Crippen molar-refractivity contribution < 1.29 is 23.8 Å². The summed E-state index contributed by atoms with van der Waals surface area (Å²) in [6.07, 6.45) is 0.667. The van der Waals surface area contributed by atoms with E-state index in [0.29, 0.717) is 29.0 Å². The van der Waals surface area contributed by atoms with Gasteiger partial charge >= 0.3 is 0 Å². The Hall–Kier alpha value is -2.66. The molecule has 0 spiro atoms. The second-order valence-corrected chi connectivity index (χ2v) is 8.36. The summed E-state index contributed by atoms with van der Waals surface area (Å²) in [6.45, 7) is 10.5. The highest BCUT2D eigenvalue weighted by Crippen LogP contribution is 2.42. The smallest absolute Gasteiger partial charge is 0.198 e. The lowest BCUT2D eigenvalue weighted by atomic mass is 9.81. The van der Waals surface area contributed by atoms with Crippen molar-refractivity contribution in [2.45, 2.75) is 59.2 Å². The maximum atomic E-state index is 13.9. The van der Waals surface area contributed by atoms with Gasteiger partial charge in [-0.2, -0.15) is 0 Å². The molecule has 0 atom stereocenters. The molecule has 0 fully saturated rings. The van der Waals surface area contributed by atoms with Crippen LogP contribution >= 0.6 is 0 Å². The van der Waals surface area contributed by atoms with Crippen LogP contribution in [0.15, 0.2) is 42.2 Å². The summed E-state index contributed by atoms with van der Waals surface area (Å²) in [5, 5.41) is 10.9. The minimum atomic E-state index is -1.08. The Labute approximate surface area is 171 Å². The van der Waals surface area contributed by atoms with Crippen LogP contribution in [0.5, 0.6) is 11.5 Å². The van der Waals surface area contributed by atoms with Gasteiger partial charge in [-0.1, -0.05) is 19.1 Å². The second kappa shape index (κ2) is 7.30. The lowest BCUT2D eigenvalue weighted by Crippen LogP contribution is -2.49. The van der Waals surface area contributed by atoms with E-state index in [9.17, 15) is 14.3 Å². The van der Waals surface area contributed by atoms with E-state index in [1.807, 2.05) is 13.0 Å². The van der Waals surface area contributed by atoms with Crippen LogP contribution in [-0.2, 0) is 16.0 Å². The Bertz CT molecular complexity index is 1000. The van der Waals surface area contributed by atoms with E-state index in [-0.39, 0.29) is 22.9 Å². The molecule has 1 aliphatic heterocycles. The van der Waals surface area contributed by atoms with E-state index in [1.54, 1.807) is 58.9 Å². The lowest BCUT2D eigenvalue weighted by Gasteiger charge is -2.40. The van der Waals surface area contributed by atoms with Crippen molar-refractivity contribution in [2.24, 2.45) is 0 Å². The number of hydrogen-bond donors (Lipinski definition) is 1. The minimum absolute atomic E-state index is 0.102. The van der Waals surface area contributed by atoms with Crippen molar-refractivity contribution in [1.29, 1.82) is 0 Å². The Morgan fingerprint density at radius 2 is 1.66 bits per heavy atom. The topological polar surface area (TPSA) is 55.8 Å². The van der Waals surface area contributed by atoms with Crippen LogP contribution in [-0.4, -0.2) is 22.1 Å². The number of carbonyl (C=O) groups excluding carboxylic acids is 1. The van der Waals surface area contributed by atoms with Gasteiger partial charge in [-0.25, -0.2) is 4.39 Å². The number of carbonyl (C=O) groups is 1. The molecule has 3 rings (SSSR count). The number of halogens is 1. The van der Waals surface area contributed by atoms with E-state index in [0.717, 1.165) is 5.56 Å². The van der Waals surface area contributed by atoms with Gasteiger partial charge < -0.3 is 14.6 Å². The van der Waals surface area contributed by atoms with E-state index in [2.05, 4.69) is 0 Å². The molecule has 0 saturated carbocycles. The SMILES string of the molecule is CCc1ccc(Oc2ccc(C)c(F)c2)cc1C1=C(O)C(C)(C)OC(C)(C)C1=O. The summed E-state index contributed by atoms with van der Waals surface area (Å²) in [5.41, 5.74) is 0.192. The van der Waals surface area contributed by atoms with Crippen molar-refractivity contribution in [1.82, 2.24) is 0 Å². The number of Topliss-reactive ketones (excluding diaryl/α,β-unsaturated/α-hetero) is 1. The number of aliphatic hydroxyl groups is 1. The molecule has 1 heterocycles. The number of aryl methyl sites for hydroxylation is 2. The zero-order chi connectivity index (χ0) is 21.6. The summed E-state index contributed by atoms with van der Waals surface area (Å²) in [4.78, 5) is 13.1. The highest BCUT2D eigenvalue weighted by Gasteiger charge is 2.47. The normalized spacial score (nSPS) is 18.1. The summed E-state index contributed by atoms with van der Waals surface area (Å²) < 4.78 is 25.5. The molecule has 2 aromatic rings. The lowest BCUT2D eigenvalue weighted by molar-refractivity contribution is -0.158. The molecule has 154 valence electrons. The zero-order valence-corrected chi connectivity index (χ0v) is 17.7. The Morgan fingerprint density at radius 1 is 1.03 bits per heavy atom. The molecule has 4 nitrogen and oxygen atoms in total. The fourth-order valence-corrected chi connectivity index (χ4v) is 3.63. The van der Waals surface area contributed by atoms with E-state index in [1.165, 1.54) is 6.07 Å². The molecule has 0 unspecified atom stereocenters. The molecular weight excluding hydrogens is 371 g/mol. The van der Waals surface area contributed by atoms with Gasteiger partial charge in [0, 0.05) is 6.07 Å². The maximum Gasteiger partial charge on any atom is 0.198 e. The molecule has 0 aromatic heterocycles. The van der Waals surface area contributed by atoms with Crippen LogP contribution in [0, 0.1) is 12.7 Å². The molecule has 1 aliphatic rings. The molecule has 0 radical (unpaired) electrons. The molecule has 0 aliphatic carbocycles. The number of hydrogen-bond acceptors (Lipinski definition) is 4. The number of benzene rings is 2. The predicted molar refractivity (Wildman–Crippen MR) is 111 cm³/mol. The van der Waals surface area contributed by atoms with Crippen LogP contribution in [0.4, 0.5) is 4.39 Å². The zero-order valence-electron chi connectivity index (χ0n) is 17.7. The van der Waals surface area contributed by atoms with Crippen LogP contribution in [0.1, 0.15) is 51.3 Å². The van der Waals surface area contributed by atoms with Crippen molar-refractivity contribution in [3.05, 3.63) is 64.7 Å². The summed E-state index contributed by atoms with van der Waals surface area (Å²) in [7, 11) is 0. The van der Waals surface area contributed by atoms with Crippen molar-refractivity contribution >= 4 is 11.4 Å². The third-order valence-electron chi connectivity index (χ3n) is 5.20. The Balaban J connectivity index is 2.12. The van der Waals surface area contributed by atoms with Crippen LogP contribution in [0.25, 0.3) is 5.57 Å². The first-order chi connectivity index (χ1) is 13.5. The molecular formula is C24H27FO4. The molecule has 0 bridgehead atoms. The highest BCUT2D eigenvalue weighted by molar-refractivity contribution is 6.26. The predicted octanol–water partition coefficient (Wildman–Crippen LogP) is 5.91. The van der Waals surface area contributed by atoms with Gasteiger partial charge in [0.1, 0.15) is 34.3 Å². The fourth-order valence-electron chi connectivity index (χ4n) is 3.63.